The van der Waals surface area contributed by atoms with Crippen LogP contribution in [0, 0.1) is 0 Å². The Kier molecular flexibility index (Phi) is 4.94. The quantitative estimate of drug-likeness (QED) is 0.520. The largest absolute Gasteiger partial charge is 0.347 e. The molecule has 0 unspecified atom stereocenters. The van der Waals surface area contributed by atoms with Crippen molar-refractivity contribution in [2.45, 2.75) is 6.42 Å². The minimum atomic E-state index is 0.700. The molecule has 0 amide bonds. The molecular formula is C17H12Cl3NS. The summed E-state index contributed by atoms with van der Waals surface area (Å²) in [5.41, 5.74) is 3.15. The van der Waals surface area contributed by atoms with E-state index in [1.54, 1.807) is 11.3 Å². The van der Waals surface area contributed by atoms with Gasteiger partial charge in [0, 0.05) is 27.2 Å². The van der Waals surface area contributed by atoms with Crippen LogP contribution in [0.25, 0.3) is 0 Å². The van der Waals surface area contributed by atoms with Gasteiger partial charge in [-0.1, -0.05) is 40.9 Å². The summed E-state index contributed by atoms with van der Waals surface area (Å²) in [5.74, 6) is 0. The van der Waals surface area contributed by atoms with E-state index in [1.807, 2.05) is 42.5 Å². The highest BCUT2D eigenvalue weighted by atomic mass is 35.5. The average molecular weight is 369 g/mol. The van der Waals surface area contributed by atoms with Crippen molar-refractivity contribution in [1.82, 2.24) is 0 Å². The summed E-state index contributed by atoms with van der Waals surface area (Å²) in [6.07, 6.45) is 0.720. The second-order valence-electron chi connectivity index (χ2n) is 4.83. The summed E-state index contributed by atoms with van der Waals surface area (Å²) in [4.78, 5) is 0. The Morgan fingerprint density at radius 1 is 0.909 bits per heavy atom. The van der Waals surface area contributed by atoms with Gasteiger partial charge in [-0.3, -0.25) is 0 Å². The van der Waals surface area contributed by atoms with Crippen LogP contribution in [-0.4, -0.2) is 0 Å². The van der Waals surface area contributed by atoms with Crippen molar-refractivity contribution < 1.29 is 0 Å². The van der Waals surface area contributed by atoms with E-state index in [2.05, 4.69) is 16.8 Å². The third kappa shape index (κ3) is 3.76. The first-order valence-electron chi connectivity index (χ1n) is 6.65. The molecule has 0 radical (unpaired) electrons. The molecule has 0 saturated heterocycles. The zero-order chi connectivity index (χ0) is 15.5. The van der Waals surface area contributed by atoms with Crippen molar-refractivity contribution in [2.24, 2.45) is 0 Å². The fourth-order valence-corrected chi connectivity index (χ4v) is 3.60. The van der Waals surface area contributed by atoms with Gasteiger partial charge in [0.05, 0.1) is 5.00 Å². The third-order valence-corrected chi connectivity index (χ3v) is 5.06. The zero-order valence-electron chi connectivity index (χ0n) is 11.4. The summed E-state index contributed by atoms with van der Waals surface area (Å²) < 4.78 is 0. The summed E-state index contributed by atoms with van der Waals surface area (Å²) in [7, 11) is 0. The average Bonchev–Trinajstić information content (AvgIpc) is 2.93. The SMILES string of the molecule is Clc1ccc(Nc2cc(Cc3c(Cl)cccc3Cl)cs2)cc1. The standard InChI is InChI=1S/C17H12Cl3NS/c18-12-4-6-13(7-5-12)21-17-9-11(10-22-17)8-14-15(19)2-1-3-16(14)20/h1-7,9-10,21H,8H2. The predicted octanol–water partition coefficient (Wildman–Crippen LogP) is 7.04. The molecule has 0 bridgehead atoms. The number of halogens is 3. The van der Waals surface area contributed by atoms with Crippen LogP contribution in [0.4, 0.5) is 10.7 Å². The van der Waals surface area contributed by atoms with E-state index in [0.717, 1.165) is 27.7 Å². The molecule has 0 aliphatic carbocycles. The van der Waals surface area contributed by atoms with Gasteiger partial charge in [-0.25, -0.2) is 0 Å². The molecule has 0 aliphatic heterocycles. The molecule has 0 aliphatic rings. The molecule has 0 saturated carbocycles. The molecule has 0 fully saturated rings. The van der Waals surface area contributed by atoms with E-state index < -0.39 is 0 Å². The molecule has 112 valence electrons. The number of anilines is 2. The normalized spacial score (nSPS) is 10.7. The van der Waals surface area contributed by atoms with E-state index in [4.69, 9.17) is 34.8 Å². The maximum absolute atomic E-state index is 6.22. The number of benzene rings is 2. The maximum atomic E-state index is 6.22. The van der Waals surface area contributed by atoms with Gasteiger partial charge in [0.1, 0.15) is 0 Å². The van der Waals surface area contributed by atoms with E-state index in [0.29, 0.717) is 10.0 Å². The minimum absolute atomic E-state index is 0.700. The first-order valence-corrected chi connectivity index (χ1v) is 8.66. The molecule has 5 heteroatoms. The van der Waals surface area contributed by atoms with Gasteiger partial charge in [0.15, 0.2) is 0 Å². The van der Waals surface area contributed by atoms with Crippen molar-refractivity contribution in [1.29, 1.82) is 0 Å². The number of hydrogen-bond acceptors (Lipinski definition) is 2. The first kappa shape index (κ1) is 15.7. The smallest absolute Gasteiger partial charge is 0.0929 e. The summed E-state index contributed by atoms with van der Waals surface area (Å²) in [6, 6.07) is 15.3. The highest BCUT2D eigenvalue weighted by molar-refractivity contribution is 7.14. The molecular weight excluding hydrogens is 357 g/mol. The molecule has 1 nitrogen and oxygen atoms in total. The van der Waals surface area contributed by atoms with Crippen LogP contribution in [0.3, 0.4) is 0 Å². The molecule has 0 spiro atoms. The van der Waals surface area contributed by atoms with E-state index in [9.17, 15) is 0 Å². The van der Waals surface area contributed by atoms with Crippen LogP contribution in [0.5, 0.6) is 0 Å². The summed E-state index contributed by atoms with van der Waals surface area (Å²) in [5, 5.41) is 8.67. The van der Waals surface area contributed by atoms with Gasteiger partial charge in [0.25, 0.3) is 0 Å². The predicted molar refractivity (Wildman–Crippen MR) is 98.3 cm³/mol. The van der Waals surface area contributed by atoms with Crippen LogP contribution >= 0.6 is 46.1 Å². The Hall–Kier alpha value is -1.19. The van der Waals surface area contributed by atoms with Crippen molar-refractivity contribution in [2.75, 3.05) is 5.32 Å². The fraction of sp³-hybridized carbons (Fsp3) is 0.0588. The summed E-state index contributed by atoms with van der Waals surface area (Å²) >= 11 is 20.0. The lowest BCUT2D eigenvalue weighted by molar-refractivity contribution is 1.21. The molecule has 1 N–H and O–H groups in total. The number of nitrogens with one attached hydrogen (secondary N) is 1. The van der Waals surface area contributed by atoms with Crippen molar-refractivity contribution >= 4 is 56.8 Å². The molecule has 2 aromatic carbocycles. The van der Waals surface area contributed by atoms with Crippen LogP contribution in [0.1, 0.15) is 11.1 Å². The Morgan fingerprint density at radius 2 is 1.59 bits per heavy atom. The monoisotopic (exact) mass is 367 g/mol. The Balaban J connectivity index is 1.75. The van der Waals surface area contributed by atoms with E-state index in [1.165, 1.54) is 5.56 Å². The van der Waals surface area contributed by atoms with Gasteiger partial charge in [0.2, 0.25) is 0 Å². The van der Waals surface area contributed by atoms with Gasteiger partial charge in [-0.2, -0.15) is 0 Å². The van der Waals surface area contributed by atoms with E-state index in [-0.39, 0.29) is 0 Å². The lowest BCUT2D eigenvalue weighted by atomic mass is 10.1. The first-order chi connectivity index (χ1) is 10.6. The Morgan fingerprint density at radius 3 is 2.27 bits per heavy atom. The lowest BCUT2D eigenvalue weighted by Crippen LogP contribution is -1.89. The molecule has 1 aromatic heterocycles. The molecule has 0 atom stereocenters. The topological polar surface area (TPSA) is 12.0 Å². The molecule has 3 aromatic rings. The Bertz CT molecular complexity index is 761. The van der Waals surface area contributed by atoms with Crippen molar-refractivity contribution in [3.8, 4) is 0 Å². The van der Waals surface area contributed by atoms with Crippen molar-refractivity contribution in [3.05, 3.63) is 80.1 Å². The molecule has 1 heterocycles. The van der Waals surface area contributed by atoms with Gasteiger partial charge < -0.3 is 5.32 Å². The van der Waals surface area contributed by atoms with Crippen molar-refractivity contribution in [3.63, 3.8) is 0 Å². The second kappa shape index (κ2) is 6.93. The van der Waals surface area contributed by atoms with Crippen LogP contribution < -0.4 is 5.32 Å². The fourth-order valence-electron chi connectivity index (χ4n) is 2.11. The third-order valence-electron chi connectivity index (χ3n) is 3.21. The maximum Gasteiger partial charge on any atom is 0.0929 e. The number of rotatable bonds is 4. The van der Waals surface area contributed by atoms with Gasteiger partial charge >= 0.3 is 0 Å². The highest BCUT2D eigenvalue weighted by Crippen LogP contribution is 2.31. The number of hydrogen-bond donors (Lipinski definition) is 1. The van der Waals surface area contributed by atoms with Gasteiger partial charge in [-0.15, -0.1) is 11.3 Å². The minimum Gasteiger partial charge on any atom is -0.347 e. The molecule has 22 heavy (non-hydrogen) atoms. The summed E-state index contributed by atoms with van der Waals surface area (Å²) in [6.45, 7) is 0. The van der Waals surface area contributed by atoms with Crippen LogP contribution in [0.2, 0.25) is 15.1 Å². The lowest BCUT2D eigenvalue weighted by Gasteiger charge is -2.05. The Labute approximate surface area is 148 Å². The van der Waals surface area contributed by atoms with Gasteiger partial charge in [-0.05, 0) is 59.0 Å². The van der Waals surface area contributed by atoms with Crippen LogP contribution in [0.15, 0.2) is 53.9 Å². The number of thiophene rings is 1. The van der Waals surface area contributed by atoms with E-state index >= 15 is 0 Å². The second-order valence-corrected chi connectivity index (χ2v) is 6.99. The highest BCUT2D eigenvalue weighted by Gasteiger charge is 2.08. The van der Waals surface area contributed by atoms with Crippen LogP contribution in [-0.2, 0) is 6.42 Å². The zero-order valence-corrected chi connectivity index (χ0v) is 14.5. The molecule has 3 rings (SSSR count).